The molecule has 0 N–H and O–H groups in total. The van der Waals surface area contributed by atoms with Crippen molar-refractivity contribution in [2.45, 2.75) is 33.7 Å². The normalized spacial score (nSPS) is 15.7. The van der Waals surface area contributed by atoms with Crippen molar-refractivity contribution in [1.82, 2.24) is 9.80 Å². The minimum absolute atomic E-state index is 0.206. The molecule has 1 saturated heterocycles. The minimum atomic E-state index is 0.206. The molecule has 0 radical (unpaired) electrons. The molecule has 1 aromatic carbocycles. The number of benzene rings is 1. The first-order valence-electron chi connectivity index (χ1n) is 8.73. The Morgan fingerprint density at radius 2 is 1.88 bits per heavy atom. The van der Waals surface area contributed by atoms with Gasteiger partial charge in [-0.1, -0.05) is 36.8 Å². The summed E-state index contributed by atoms with van der Waals surface area (Å²) in [4.78, 5) is 19.4. The lowest BCUT2D eigenvalue weighted by atomic mass is 10.1. The number of carbonyl (C=O) groups is 1. The van der Waals surface area contributed by atoms with E-state index in [4.69, 9.17) is 0 Å². The van der Waals surface area contributed by atoms with Gasteiger partial charge in [-0.2, -0.15) is 0 Å². The number of rotatable bonds is 4. The van der Waals surface area contributed by atoms with Crippen LogP contribution in [0.4, 0.5) is 0 Å². The van der Waals surface area contributed by atoms with Crippen molar-refractivity contribution < 1.29 is 4.79 Å². The molecule has 1 aromatic heterocycles. The first-order chi connectivity index (χ1) is 11.6. The van der Waals surface area contributed by atoms with Crippen LogP contribution in [-0.2, 0) is 13.0 Å². The molecule has 1 aliphatic rings. The predicted molar refractivity (Wildman–Crippen MR) is 101 cm³/mol. The summed E-state index contributed by atoms with van der Waals surface area (Å²) in [5.74, 6) is 0.206. The van der Waals surface area contributed by atoms with E-state index in [9.17, 15) is 4.79 Å². The number of carbonyl (C=O) groups excluding carboxylic acids is 1. The van der Waals surface area contributed by atoms with Crippen molar-refractivity contribution in [2.24, 2.45) is 0 Å². The molecule has 0 bridgehead atoms. The maximum atomic E-state index is 12.7. The van der Waals surface area contributed by atoms with Crippen molar-refractivity contribution >= 4 is 17.2 Å². The van der Waals surface area contributed by atoms with Gasteiger partial charge >= 0.3 is 0 Å². The third-order valence-electron chi connectivity index (χ3n) is 4.70. The quantitative estimate of drug-likeness (QED) is 0.842. The van der Waals surface area contributed by atoms with Gasteiger partial charge in [0.05, 0.1) is 4.88 Å². The molecule has 0 saturated carbocycles. The Morgan fingerprint density at radius 1 is 1.12 bits per heavy atom. The molecule has 2 aromatic rings. The van der Waals surface area contributed by atoms with Crippen LogP contribution in [0.15, 0.2) is 30.3 Å². The van der Waals surface area contributed by atoms with E-state index in [1.54, 1.807) is 11.3 Å². The van der Waals surface area contributed by atoms with Crippen LogP contribution in [0.5, 0.6) is 0 Å². The molecular formula is C20H26N2OS. The summed E-state index contributed by atoms with van der Waals surface area (Å²) in [5, 5.41) is 0. The van der Waals surface area contributed by atoms with Crippen LogP contribution in [0.3, 0.4) is 0 Å². The summed E-state index contributed by atoms with van der Waals surface area (Å²) in [7, 11) is 0. The smallest absolute Gasteiger partial charge is 0.264 e. The molecule has 0 spiro atoms. The second-order valence-corrected chi connectivity index (χ2v) is 7.76. The van der Waals surface area contributed by atoms with Crippen molar-refractivity contribution in [3.8, 4) is 0 Å². The van der Waals surface area contributed by atoms with Gasteiger partial charge in [-0.05, 0) is 37.5 Å². The van der Waals surface area contributed by atoms with E-state index in [0.29, 0.717) is 0 Å². The Balaban J connectivity index is 1.57. The molecule has 3 nitrogen and oxygen atoms in total. The van der Waals surface area contributed by atoms with Crippen LogP contribution in [0.25, 0.3) is 0 Å². The highest BCUT2D eigenvalue weighted by Crippen LogP contribution is 2.24. The lowest BCUT2D eigenvalue weighted by molar-refractivity contribution is 0.0633. The van der Waals surface area contributed by atoms with E-state index in [1.165, 1.54) is 21.6 Å². The van der Waals surface area contributed by atoms with Crippen LogP contribution >= 0.6 is 11.3 Å². The zero-order valence-corrected chi connectivity index (χ0v) is 15.7. The number of aryl methyl sites for hydroxylation is 3. The van der Waals surface area contributed by atoms with Gasteiger partial charge in [0.2, 0.25) is 0 Å². The standard InChI is InChI=1S/C20H26N2OS/c1-4-18-16(3)13-19(24-18)20(23)22-10-8-21(9-11-22)14-17-7-5-6-15(2)12-17/h5-7,12-13H,4,8-11,14H2,1-3H3. The minimum Gasteiger partial charge on any atom is -0.335 e. The van der Waals surface area contributed by atoms with Gasteiger partial charge in [-0.15, -0.1) is 11.3 Å². The molecule has 0 aliphatic carbocycles. The molecule has 1 aliphatic heterocycles. The Hall–Kier alpha value is -1.65. The van der Waals surface area contributed by atoms with Gasteiger partial charge in [0.15, 0.2) is 0 Å². The fourth-order valence-electron chi connectivity index (χ4n) is 3.31. The monoisotopic (exact) mass is 342 g/mol. The predicted octanol–water partition coefficient (Wildman–Crippen LogP) is 3.89. The molecule has 128 valence electrons. The Labute approximate surface area is 148 Å². The summed E-state index contributed by atoms with van der Waals surface area (Å²) in [6, 6.07) is 10.7. The van der Waals surface area contributed by atoms with Crippen LogP contribution in [0, 0.1) is 13.8 Å². The van der Waals surface area contributed by atoms with Gasteiger partial charge < -0.3 is 4.90 Å². The average Bonchev–Trinajstić information content (AvgIpc) is 2.96. The number of hydrogen-bond acceptors (Lipinski definition) is 3. The van der Waals surface area contributed by atoms with Crippen LogP contribution in [-0.4, -0.2) is 41.9 Å². The van der Waals surface area contributed by atoms with Crippen molar-refractivity contribution in [2.75, 3.05) is 26.2 Å². The van der Waals surface area contributed by atoms with Gasteiger partial charge in [0, 0.05) is 37.6 Å². The lowest BCUT2D eigenvalue weighted by Crippen LogP contribution is -2.48. The highest BCUT2D eigenvalue weighted by molar-refractivity contribution is 7.14. The largest absolute Gasteiger partial charge is 0.335 e. The second-order valence-electron chi connectivity index (χ2n) is 6.63. The molecule has 1 fully saturated rings. The molecule has 0 atom stereocenters. The summed E-state index contributed by atoms with van der Waals surface area (Å²) in [5.41, 5.74) is 3.92. The number of amides is 1. The van der Waals surface area contributed by atoms with Crippen LogP contribution in [0.2, 0.25) is 0 Å². The third kappa shape index (κ3) is 3.87. The van der Waals surface area contributed by atoms with Gasteiger partial charge in [-0.25, -0.2) is 0 Å². The van der Waals surface area contributed by atoms with E-state index < -0.39 is 0 Å². The molecule has 2 heterocycles. The second kappa shape index (κ2) is 7.49. The molecule has 24 heavy (non-hydrogen) atoms. The molecule has 4 heteroatoms. The van der Waals surface area contributed by atoms with Crippen molar-refractivity contribution in [1.29, 1.82) is 0 Å². The van der Waals surface area contributed by atoms with Gasteiger partial charge in [0.25, 0.3) is 5.91 Å². The molecular weight excluding hydrogens is 316 g/mol. The van der Waals surface area contributed by atoms with Crippen LogP contribution < -0.4 is 0 Å². The van der Waals surface area contributed by atoms with Crippen molar-refractivity contribution in [3.63, 3.8) is 0 Å². The third-order valence-corrected chi connectivity index (χ3v) is 6.07. The highest BCUT2D eigenvalue weighted by Gasteiger charge is 2.23. The topological polar surface area (TPSA) is 23.6 Å². The highest BCUT2D eigenvalue weighted by atomic mass is 32.1. The fraction of sp³-hybridized carbons (Fsp3) is 0.450. The first kappa shape index (κ1) is 17.2. The summed E-state index contributed by atoms with van der Waals surface area (Å²) in [6.07, 6.45) is 1.01. The van der Waals surface area contributed by atoms with Gasteiger partial charge in [-0.3, -0.25) is 9.69 Å². The number of nitrogens with zero attached hydrogens (tertiary/aromatic N) is 2. The summed E-state index contributed by atoms with van der Waals surface area (Å²) < 4.78 is 0. The van der Waals surface area contributed by atoms with E-state index in [-0.39, 0.29) is 5.91 Å². The van der Waals surface area contributed by atoms with E-state index in [2.05, 4.69) is 56.0 Å². The Morgan fingerprint density at radius 3 is 2.50 bits per heavy atom. The van der Waals surface area contributed by atoms with E-state index in [0.717, 1.165) is 44.0 Å². The maximum absolute atomic E-state index is 12.7. The number of thiophene rings is 1. The van der Waals surface area contributed by atoms with Gasteiger partial charge in [0.1, 0.15) is 0 Å². The van der Waals surface area contributed by atoms with E-state index >= 15 is 0 Å². The number of hydrogen-bond donors (Lipinski definition) is 0. The SMILES string of the molecule is CCc1sc(C(=O)N2CCN(Cc3cccc(C)c3)CC2)cc1C. The lowest BCUT2D eigenvalue weighted by Gasteiger charge is -2.34. The fourth-order valence-corrected chi connectivity index (χ4v) is 4.39. The van der Waals surface area contributed by atoms with Crippen molar-refractivity contribution in [3.05, 3.63) is 56.8 Å². The zero-order valence-electron chi connectivity index (χ0n) is 14.8. The molecule has 1 amide bonds. The Bertz CT molecular complexity index is 714. The molecule has 0 unspecified atom stereocenters. The van der Waals surface area contributed by atoms with Crippen LogP contribution in [0.1, 0.15) is 38.2 Å². The zero-order chi connectivity index (χ0) is 17.1. The maximum Gasteiger partial charge on any atom is 0.264 e. The first-order valence-corrected chi connectivity index (χ1v) is 9.55. The Kier molecular flexibility index (Phi) is 5.36. The molecule has 3 rings (SSSR count). The summed E-state index contributed by atoms with van der Waals surface area (Å²) in [6.45, 7) is 10.9. The summed E-state index contributed by atoms with van der Waals surface area (Å²) >= 11 is 1.66. The number of piperazine rings is 1. The average molecular weight is 343 g/mol. The van der Waals surface area contributed by atoms with E-state index in [1.807, 2.05) is 4.90 Å².